The minimum Gasteiger partial charge on any atom is -0.493 e. The van der Waals surface area contributed by atoms with Crippen LogP contribution in [-0.4, -0.2) is 48.1 Å². The SMILES string of the molecule is CO/C1=C(\NCC(=O)O)CCCCCCCC1=NCC(=O)O. The summed E-state index contributed by atoms with van der Waals surface area (Å²) in [7, 11) is 1.50. The average molecular weight is 312 g/mol. The molecule has 124 valence electrons. The van der Waals surface area contributed by atoms with Crippen molar-refractivity contribution >= 4 is 17.7 Å². The van der Waals surface area contributed by atoms with E-state index in [1.165, 1.54) is 7.11 Å². The Kier molecular flexibility index (Phi) is 8.03. The fraction of sp³-hybridized carbons (Fsp3) is 0.667. The lowest BCUT2D eigenvalue weighted by Crippen LogP contribution is -2.26. The average Bonchev–Trinajstić information content (AvgIpc) is 2.47. The van der Waals surface area contributed by atoms with Gasteiger partial charge in [-0.3, -0.25) is 14.6 Å². The van der Waals surface area contributed by atoms with Gasteiger partial charge < -0.3 is 20.3 Å². The highest BCUT2D eigenvalue weighted by molar-refractivity contribution is 5.99. The lowest BCUT2D eigenvalue weighted by molar-refractivity contribution is -0.136. The van der Waals surface area contributed by atoms with Crippen molar-refractivity contribution in [2.24, 2.45) is 4.99 Å². The summed E-state index contributed by atoms with van der Waals surface area (Å²) in [5, 5.41) is 20.5. The molecule has 1 rings (SSSR count). The number of nitrogens with zero attached hydrogens (tertiary/aromatic N) is 1. The van der Waals surface area contributed by atoms with Gasteiger partial charge in [0, 0.05) is 0 Å². The van der Waals surface area contributed by atoms with E-state index in [0.717, 1.165) is 32.1 Å². The number of nitrogens with one attached hydrogen (secondary N) is 1. The number of carboxylic acid groups (broad SMARTS) is 2. The quantitative estimate of drug-likeness (QED) is 0.690. The first-order valence-corrected chi connectivity index (χ1v) is 7.53. The number of aliphatic imine (C=N–C) groups is 1. The minimum absolute atomic E-state index is 0.200. The van der Waals surface area contributed by atoms with E-state index in [1.807, 2.05) is 0 Å². The number of rotatable bonds is 6. The normalized spacial score (nSPS) is 22.1. The topological polar surface area (TPSA) is 108 Å². The van der Waals surface area contributed by atoms with E-state index in [-0.39, 0.29) is 13.1 Å². The molecule has 0 spiro atoms. The molecule has 1 aliphatic carbocycles. The maximum absolute atomic E-state index is 10.8. The summed E-state index contributed by atoms with van der Waals surface area (Å²) in [5.41, 5.74) is 1.29. The van der Waals surface area contributed by atoms with Gasteiger partial charge in [0.25, 0.3) is 0 Å². The predicted octanol–water partition coefficient (Wildman–Crippen LogP) is 1.79. The molecule has 0 amide bonds. The van der Waals surface area contributed by atoms with Crippen LogP contribution in [0.3, 0.4) is 0 Å². The van der Waals surface area contributed by atoms with Crippen LogP contribution in [0.25, 0.3) is 0 Å². The molecule has 0 bridgehead atoms. The number of allylic oxidation sites excluding steroid dienone is 2. The predicted molar refractivity (Wildman–Crippen MR) is 81.9 cm³/mol. The van der Waals surface area contributed by atoms with Gasteiger partial charge in [-0.1, -0.05) is 19.3 Å². The molecular weight excluding hydrogens is 288 g/mol. The van der Waals surface area contributed by atoms with Crippen molar-refractivity contribution in [1.29, 1.82) is 0 Å². The summed E-state index contributed by atoms with van der Waals surface area (Å²) >= 11 is 0. The third-order valence-electron chi connectivity index (χ3n) is 3.44. The van der Waals surface area contributed by atoms with Crippen LogP contribution in [0.5, 0.6) is 0 Å². The fourth-order valence-corrected chi connectivity index (χ4v) is 2.43. The third kappa shape index (κ3) is 6.60. The number of carboxylic acids is 2. The van der Waals surface area contributed by atoms with E-state index >= 15 is 0 Å². The lowest BCUT2D eigenvalue weighted by Gasteiger charge is -2.19. The van der Waals surface area contributed by atoms with Gasteiger partial charge >= 0.3 is 11.9 Å². The summed E-state index contributed by atoms with van der Waals surface area (Å²) < 4.78 is 5.41. The second kappa shape index (κ2) is 9.81. The monoisotopic (exact) mass is 312 g/mol. The van der Waals surface area contributed by atoms with Crippen molar-refractivity contribution in [3.8, 4) is 0 Å². The largest absolute Gasteiger partial charge is 0.493 e. The second-order valence-electron chi connectivity index (χ2n) is 5.18. The first-order valence-electron chi connectivity index (χ1n) is 7.53. The Labute approximate surface area is 130 Å². The van der Waals surface area contributed by atoms with Crippen LogP contribution in [0, 0.1) is 0 Å². The van der Waals surface area contributed by atoms with E-state index < -0.39 is 11.9 Å². The van der Waals surface area contributed by atoms with E-state index in [0.29, 0.717) is 30.0 Å². The number of hydrogen-bond acceptors (Lipinski definition) is 5. The molecule has 0 aromatic rings. The van der Waals surface area contributed by atoms with Crippen LogP contribution in [-0.2, 0) is 14.3 Å². The molecule has 0 aromatic carbocycles. The highest BCUT2D eigenvalue weighted by atomic mass is 16.5. The minimum atomic E-state index is -1.000. The number of methoxy groups -OCH3 is 1. The highest BCUT2D eigenvalue weighted by Gasteiger charge is 2.17. The molecule has 7 heteroatoms. The molecule has 0 aliphatic heterocycles. The van der Waals surface area contributed by atoms with Crippen LogP contribution < -0.4 is 5.32 Å². The smallest absolute Gasteiger partial charge is 0.325 e. The molecule has 0 saturated carbocycles. The summed E-state index contributed by atoms with van der Waals surface area (Å²) in [6.45, 7) is -0.511. The molecule has 0 fully saturated rings. The van der Waals surface area contributed by atoms with Gasteiger partial charge in [0.2, 0.25) is 0 Å². The highest BCUT2D eigenvalue weighted by Crippen LogP contribution is 2.20. The molecule has 0 atom stereocenters. The molecule has 0 heterocycles. The van der Waals surface area contributed by atoms with Crippen LogP contribution in [0.2, 0.25) is 0 Å². The molecular formula is C15H24N2O5. The summed E-state index contributed by atoms with van der Waals surface area (Å²) in [5.74, 6) is -1.46. The summed E-state index contributed by atoms with van der Waals surface area (Å²) in [6.07, 6.45) is 6.41. The summed E-state index contributed by atoms with van der Waals surface area (Å²) in [4.78, 5) is 25.7. The van der Waals surface area contributed by atoms with E-state index in [1.54, 1.807) is 0 Å². The lowest BCUT2D eigenvalue weighted by atomic mass is 10.0. The zero-order valence-electron chi connectivity index (χ0n) is 12.9. The van der Waals surface area contributed by atoms with Gasteiger partial charge in [-0.25, -0.2) is 0 Å². The number of carbonyl (C=O) groups is 2. The van der Waals surface area contributed by atoms with Crippen molar-refractivity contribution in [3.05, 3.63) is 11.5 Å². The van der Waals surface area contributed by atoms with E-state index in [4.69, 9.17) is 14.9 Å². The van der Waals surface area contributed by atoms with Gasteiger partial charge in [0.1, 0.15) is 13.1 Å². The Balaban J connectivity index is 3.06. The standard InChI is InChI=1S/C15H24N2O5/c1-22-15-11(16-9-13(18)19)7-5-3-2-4-6-8-12(15)17-10-14(20)21/h16H,2-10H2,1H3,(H,18,19)(H,20,21)/b15-11-,17-12?. The Bertz CT molecular complexity index is 457. The van der Waals surface area contributed by atoms with Crippen LogP contribution >= 0.6 is 0 Å². The maximum Gasteiger partial charge on any atom is 0.325 e. The zero-order chi connectivity index (χ0) is 16.4. The van der Waals surface area contributed by atoms with Crippen molar-refractivity contribution in [1.82, 2.24) is 5.32 Å². The summed E-state index contributed by atoms with van der Waals surface area (Å²) in [6, 6.07) is 0. The van der Waals surface area contributed by atoms with Crippen LogP contribution in [0.1, 0.15) is 44.9 Å². The van der Waals surface area contributed by atoms with Gasteiger partial charge in [-0.2, -0.15) is 0 Å². The molecule has 0 radical (unpaired) electrons. The van der Waals surface area contributed by atoms with E-state index in [2.05, 4.69) is 10.3 Å². The Morgan fingerprint density at radius 1 is 1.09 bits per heavy atom. The Morgan fingerprint density at radius 2 is 1.73 bits per heavy atom. The van der Waals surface area contributed by atoms with Crippen molar-refractivity contribution < 1.29 is 24.5 Å². The number of ether oxygens (including phenoxy) is 1. The van der Waals surface area contributed by atoms with Crippen LogP contribution in [0.15, 0.2) is 16.4 Å². The van der Waals surface area contributed by atoms with Crippen molar-refractivity contribution in [2.75, 3.05) is 20.2 Å². The zero-order valence-corrected chi connectivity index (χ0v) is 12.9. The van der Waals surface area contributed by atoms with Gasteiger partial charge in [0.05, 0.1) is 18.5 Å². The maximum atomic E-state index is 10.8. The first-order chi connectivity index (χ1) is 10.5. The number of hydrogen-bond donors (Lipinski definition) is 3. The molecule has 0 aromatic heterocycles. The van der Waals surface area contributed by atoms with Crippen molar-refractivity contribution in [2.45, 2.75) is 44.9 Å². The second-order valence-corrected chi connectivity index (χ2v) is 5.18. The molecule has 1 aliphatic rings. The van der Waals surface area contributed by atoms with E-state index in [9.17, 15) is 9.59 Å². The fourth-order valence-electron chi connectivity index (χ4n) is 2.43. The Morgan fingerprint density at radius 3 is 2.32 bits per heavy atom. The molecule has 0 saturated heterocycles. The third-order valence-corrected chi connectivity index (χ3v) is 3.44. The first kappa shape index (κ1) is 18.0. The van der Waals surface area contributed by atoms with Gasteiger partial charge in [0.15, 0.2) is 5.76 Å². The molecule has 0 unspecified atom stereocenters. The molecule has 7 nitrogen and oxygen atoms in total. The van der Waals surface area contributed by atoms with Gasteiger partial charge in [-0.15, -0.1) is 0 Å². The van der Waals surface area contributed by atoms with Crippen LogP contribution in [0.4, 0.5) is 0 Å². The number of aliphatic carboxylic acids is 2. The molecule has 22 heavy (non-hydrogen) atoms. The van der Waals surface area contributed by atoms with Gasteiger partial charge in [-0.05, 0) is 25.7 Å². The Hall–Kier alpha value is -2.05. The van der Waals surface area contributed by atoms with Crippen molar-refractivity contribution in [3.63, 3.8) is 0 Å². The molecule has 3 N–H and O–H groups in total.